The standard InChI is InChI=1S/C17H25N3O2/c1-17(2,3)20-16(22)13-5-4-6-14(9-13)19-15(21)11-18-10-12-7-8-12/h4-6,9,12,18H,7-8,10-11H2,1-3H3,(H,19,21)(H,20,22). The number of amides is 2. The van der Waals surface area contributed by atoms with E-state index in [1.54, 1.807) is 24.3 Å². The lowest BCUT2D eigenvalue weighted by Gasteiger charge is -2.20. The van der Waals surface area contributed by atoms with E-state index in [0.29, 0.717) is 17.8 Å². The predicted molar refractivity (Wildman–Crippen MR) is 87.9 cm³/mol. The van der Waals surface area contributed by atoms with Gasteiger partial charge in [-0.1, -0.05) is 6.07 Å². The third-order valence-electron chi connectivity index (χ3n) is 3.31. The first kappa shape index (κ1) is 16.5. The Morgan fingerprint density at radius 1 is 1.23 bits per heavy atom. The fraction of sp³-hybridized carbons (Fsp3) is 0.529. The van der Waals surface area contributed by atoms with Crippen LogP contribution in [0.4, 0.5) is 5.69 Å². The Balaban J connectivity index is 1.87. The molecule has 5 nitrogen and oxygen atoms in total. The van der Waals surface area contributed by atoms with E-state index in [1.807, 2.05) is 20.8 Å². The minimum Gasteiger partial charge on any atom is -0.347 e. The molecule has 0 heterocycles. The summed E-state index contributed by atoms with van der Waals surface area (Å²) in [5.41, 5.74) is 0.890. The summed E-state index contributed by atoms with van der Waals surface area (Å²) in [5.74, 6) is 0.515. The number of carbonyl (C=O) groups is 2. The minimum atomic E-state index is -0.289. The Morgan fingerprint density at radius 3 is 2.59 bits per heavy atom. The first-order chi connectivity index (χ1) is 10.3. The second kappa shape index (κ2) is 6.92. The third kappa shape index (κ3) is 5.85. The lowest BCUT2D eigenvalue weighted by Crippen LogP contribution is -2.40. The molecule has 0 spiro atoms. The van der Waals surface area contributed by atoms with Crippen LogP contribution in [0.5, 0.6) is 0 Å². The average molecular weight is 303 g/mol. The summed E-state index contributed by atoms with van der Waals surface area (Å²) in [5, 5.41) is 8.86. The number of carbonyl (C=O) groups excluding carboxylic acids is 2. The molecule has 0 bridgehead atoms. The molecule has 1 aliphatic rings. The van der Waals surface area contributed by atoms with Gasteiger partial charge in [0.05, 0.1) is 6.54 Å². The molecule has 5 heteroatoms. The van der Waals surface area contributed by atoms with E-state index in [-0.39, 0.29) is 17.4 Å². The maximum absolute atomic E-state index is 12.1. The molecule has 22 heavy (non-hydrogen) atoms. The predicted octanol–water partition coefficient (Wildman–Crippen LogP) is 2.15. The summed E-state index contributed by atoms with van der Waals surface area (Å²) >= 11 is 0. The Kier molecular flexibility index (Phi) is 5.19. The number of rotatable bonds is 6. The van der Waals surface area contributed by atoms with Crippen LogP contribution in [0.1, 0.15) is 44.0 Å². The van der Waals surface area contributed by atoms with Crippen molar-refractivity contribution in [1.82, 2.24) is 10.6 Å². The molecule has 0 saturated heterocycles. The Bertz CT molecular complexity index is 545. The van der Waals surface area contributed by atoms with Crippen molar-refractivity contribution < 1.29 is 9.59 Å². The molecule has 2 amide bonds. The van der Waals surface area contributed by atoms with Crippen molar-refractivity contribution in [2.75, 3.05) is 18.4 Å². The second-order valence-electron chi connectivity index (χ2n) is 6.91. The number of benzene rings is 1. The number of anilines is 1. The highest BCUT2D eigenvalue weighted by atomic mass is 16.2. The normalized spacial score (nSPS) is 14.5. The van der Waals surface area contributed by atoms with Crippen molar-refractivity contribution in [2.24, 2.45) is 5.92 Å². The Hall–Kier alpha value is -1.88. The fourth-order valence-electron chi connectivity index (χ4n) is 2.07. The third-order valence-corrected chi connectivity index (χ3v) is 3.31. The Labute approximate surface area is 131 Å². The van der Waals surface area contributed by atoms with Gasteiger partial charge in [-0.25, -0.2) is 0 Å². The zero-order valence-electron chi connectivity index (χ0n) is 13.5. The second-order valence-corrected chi connectivity index (χ2v) is 6.91. The van der Waals surface area contributed by atoms with Crippen LogP contribution < -0.4 is 16.0 Å². The van der Waals surface area contributed by atoms with E-state index in [0.717, 1.165) is 12.5 Å². The van der Waals surface area contributed by atoms with E-state index >= 15 is 0 Å². The maximum atomic E-state index is 12.1. The molecular formula is C17H25N3O2. The van der Waals surface area contributed by atoms with Crippen molar-refractivity contribution >= 4 is 17.5 Å². The highest BCUT2D eigenvalue weighted by molar-refractivity contribution is 5.97. The molecule has 2 rings (SSSR count). The van der Waals surface area contributed by atoms with Gasteiger partial charge in [-0.05, 0) is 64.3 Å². The van der Waals surface area contributed by atoms with E-state index in [4.69, 9.17) is 0 Å². The van der Waals surface area contributed by atoms with Crippen molar-refractivity contribution in [1.29, 1.82) is 0 Å². The van der Waals surface area contributed by atoms with Gasteiger partial charge in [0.25, 0.3) is 5.91 Å². The molecule has 1 saturated carbocycles. The average Bonchev–Trinajstić information content (AvgIpc) is 3.21. The van der Waals surface area contributed by atoms with Crippen LogP contribution in [0, 0.1) is 5.92 Å². The Morgan fingerprint density at radius 2 is 1.95 bits per heavy atom. The highest BCUT2D eigenvalue weighted by Gasteiger charge is 2.20. The molecule has 1 fully saturated rings. The molecule has 1 aromatic rings. The topological polar surface area (TPSA) is 70.2 Å². The molecule has 0 radical (unpaired) electrons. The van der Waals surface area contributed by atoms with Crippen LogP contribution in [-0.4, -0.2) is 30.4 Å². The van der Waals surface area contributed by atoms with Crippen molar-refractivity contribution in [3.05, 3.63) is 29.8 Å². The summed E-state index contributed by atoms with van der Waals surface area (Å²) in [6.07, 6.45) is 2.53. The minimum absolute atomic E-state index is 0.0889. The van der Waals surface area contributed by atoms with E-state index in [2.05, 4.69) is 16.0 Å². The van der Waals surface area contributed by atoms with Crippen LogP contribution in [-0.2, 0) is 4.79 Å². The highest BCUT2D eigenvalue weighted by Crippen LogP contribution is 2.27. The van der Waals surface area contributed by atoms with Crippen molar-refractivity contribution in [3.63, 3.8) is 0 Å². The first-order valence-corrected chi connectivity index (χ1v) is 7.77. The van der Waals surface area contributed by atoms with Crippen LogP contribution in [0.3, 0.4) is 0 Å². The molecule has 0 atom stereocenters. The van der Waals surface area contributed by atoms with E-state index in [1.165, 1.54) is 12.8 Å². The van der Waals surface area contributed by atoms with Crippen LogP contribution >= 0.6 is 0 Å². The lowest BCUT2D eigenvalue weighted by atomic mass is 10.1. The molecule has 0 aliphatic heterocycles. The van der Waals surface area contributed by atoms with E-state index in [9.17, 15) is 9.59 Å². The summed E-state index contributed by atoms with van der Waals surface area (Å²) in [6.45, 7) is 7.00. The van der Waals surface area contributed by atoms with E-state index < -0.39 is 0 Å². The van der Waals surface area contributed by atoms with Gasteiger partial charge < -0.3 is 16.0 Å². The number of hydrogen-bond donors (Lipinski definition) is 3. The van der Waals surface area contributed by atoms with Gasteiger partial charge in [0, 0.05) is 16.8 Å². The molecule has 120 valence electrons. The van der Waals surface area contributed by atoms with Gasteiger partial charge >= 0.3 is 0 Å². The first-order valence-electron chi connectivity index (χ1n) is 7.77. The van der Waals surface area contributed by atoms with Crippen LogP contribution in [0.25, 0.3) is 0 Å². The summed E-state index contributed by atoms with van der Waals surface area (Å²) in [4.78, 5) is 24.0. The van der Waals surface area contributed by atoms with Gasteiger partial charge in [-0.15, -0.1) is 0 Å². The fourth-order valence-corrected chi connectivity index (χ4v) is 2.07. The molecule has 1 aromatic carbocycles. The maximum Gasteiger partial charge on any atom is 0.251 e. The monoisotopic (exact) mass is 303 g/mol. The van der Waals surface area contributed by atoms with Gasteiger partial charge in [0.15, 0.2) is 0 Å². The molecule has 1 aliphatic carbocycles. The number of nitrogens with one attached hydrogen (secondary N) is 3. The quantitative estimate of drug-likeness (QED) is 0.754. The molecule has 0 aromatic heterocycles. The zero-order valence-corrected chi connectivity index (χ0v) is 13.5. The largest absolute Gasteiger partial charge is 0.347 e. The summed E-state index contributed by atoms with van der Waals surface area (Å²) in [7, 11) is 0. The summed E-state index contributed by atoms with van der Waals surface area (Å²) in [6, 6.07) is 6.99. The zero-order chi connectivity index (χ0) is 16.2. The SMILES string of the molecule is CC(C)(C)NC(=O)c1cccc(NC(=O)CNCC2CC2)c1. The van der Waals surface area contributed by atoms with Crippen molar-refractivity contribution in [2.45, 2.75) is 39.2 Å². The van der Waals surface area contributed by atoms with Crippen LogP contribution in [0.2, 0.25) is 0 Å². The van der Waals surface area contributed by atoms with Crippen LogP contribution in [0.15, 0.2) is 24.3 Å². The van der Waals surface area contributed by atoms with Gasteiger partial charge in [0.2, 0.25) is 5.91 Å². The van der Waals surface area contributed by atoms with Gasteiger partial charge in [0.1, 0.15) is 0 Å². The lowest BCUT2D eigenvalue weighted by molar-refractivity contribution is -0.115. The van der Waals surface area contributed by atoms with Gasteiger partial charge in [-0.2, -0.15) is 0 Å². The molecular weight excluding hydrogens is 278 g/mol. The van der Waals surface area contributed by atoms with Crippen molar-refractivity contribution in [3.8, 4) is 0 Å². The molecule has 3 N–H and O–H groups in total. The summed E-state index contributed by atoms with van der Waals surface area (Å²) < 4.78 is 0. The molecule has 0 unspecified atom stereocenters. The van der Waals surface area contributed by atoms with Gasteiger partial charge in [-0.3, -0.25) is 9.59 Å². The number of hydrogen-bond acceptors (Lipinski definition) is 3. The smallest absolute Gasteiger partial charge is 0.251 e.